The van der Waals surface area contributed by atoms with Crippen LogP contribution in [0.25, 0.3) is 0 Å². The van der Waals surface area contributed by atoms with Crippen molar-refractivity contribution in [3.8, 4) is 0 Å². The third kappa shape index (κ3) is 4.77. The summed E-state index contributed by atoms with van der Waals surface area (Å²) in [5.74, 6) is 1.13. The van der Waals surface area contributed by atoms with Gasteiger partial charge in [0.2, 0.25) is 5.91 Å². The number of carbonyl (C=O) groups is 2. The highest BCUT2D eigenvalue weighted by molar-refractivity contribution is 8.00. The first-order valence-electron chi connectivity index (χ1n) is 7.12. The minimum absolute atomic E-state index is 0.00844. The molecule has 2 rings (SSSR count). The second-order valence-electron chi connectivity index (χ2n) is 5.19. The number of amides is 1. The lowest BCUT2D eigenvalue weighted by Crippen LogP contribution is -2.24. The number of furan rings is 1. The predicted molar refractivity (Wildman–Crippen MR) is 86.9 cm³/mol. The molecule has 0 radical (unpaired) electrons. The van der Waals surface area contributed by atoms with Crippen LogP contribution < -0.4 is 5.32 Å². The Kier molecular flexibility index (Phi) is 5.83. The highest BCUT2D eigenvalue weighted by atomic mass is 32.2. The molecular formula is C17H19NO3S. The SMILES string of the molecule is CC(C)C(=O)c1ccc(SCC(=O)NCc2ccco2)cc1. The Morgan fingerprint density at radius 3 is 2.50 bits per heavy atom. The van der Waals surface area contributed by atoms with Crippen LogP contribution in [0.4, 0.5) is 0 Å². The van der Waals surface area contributed by atoms with Gasteiger partial charge in [0.15, 0.2) is 5.78 Å². The summed E-state index contributed by atoms with van der Waals surface area (Å²) in [6.07, 6.45) is 1.58. The fourth-order valence-corrected chi connectivity index (χ4v) is 2.58. The van der Waals surface area contributed by atoms with E-state index in [1.165, 1.54) is 11.8 Å². The Morgan fingerprint density at radius 1 is 1.18 bits per heavy atom. The average Bonchev–Trinajstić information content (AvgIpc) is 3.04. The number of ketones is 1. The molecule has 5 heteroatoms. The van der Waals surface area contributed by atoms with Crippen molar-refractivity contribution in [1.82, 2.24) is 5.32 Å². The number of benzene rings is 1. The van der Waals surface area contributed by atoms with Gasteiger partial charge in [0.05, 0.1) is 18.6 Å². The van der Waals surface area contributed by atoms with Crippen molar-refractivity contribution in [2.75, 3.05) is 5.75 Å². The van der Waals surface area contributed by atoms with Gasteiger partial charge < -0.3 is 9.73 Å². The van der Waals surface area contributed by atoms with E-state index in [-0.39, 0.29) is 17.6 Å². The van der Waals surface area contributed by atoms with E-state index >= 15 is 0 Å². The zero-order valence-electron chi connectivity index (χ0n) is 12.7. The van der Waals surface area contributed by atoms with Crippen LogP contribution in [0.3, 0.4) is 0 Å². The normalized spacial score (nSPS) is 10.7. The van der Waals surface area contributed by atoms with E-state index in [2.05, 4.69) is 5.32 Å². The van der Waals surface area contributed by atoms with Crippen LogP contribution in [0.1, 0.15) is 30.0 Å². The number of thioether (sulfide) groups is 1. The van der Waals surface area contributed by atoms with Gasteiger partial charge in [0, 0.05) is 16.4 Å². The van der Waals surface area contributed by atoms with Crippen molar-refractivity contribution < 1.29 is 14.0 Å². The lowest BCUT2D eigenvalue weighted by Gasteiger charge is -2.06. The Balaban J connectivity index is 1.79. The molecule has 0 aliphatic rings. The zero-order chi connectivity index (χ0) is 15.9. The Hall–Kier alpha value is -2.01. The fourth-order valence-electron chi connectivity index (χ4n) is 1.85. The second-order valence-corrected chi connectivity index (χ2v) is 6.24. The van der Waals surface area contributed by atoms with Crippen LogP contribution in [0.2, 0.25) is 0 Å². The van der Waals surface area contributed by atoms with Crippen LogP contribution in [-0.2, 0) is 11.3 Å². The molecule has 0 unspecified atom stereocenters. The lowest BCUT2D eigenvalue weighted by atomic mass is 10.0. The lowest BCUT2D eigenvalue weighted by molar-refractivity contribution is -0.118. The van der Waals surface area contributed by atoms with Gasteiger partial charge in [-0.25, -0.2) is 0 Å². The van der Waals surface area contributed by atoms with Crippen LogP contribution in [-0.4, -0.2) is 17.4 Å². The molecule has 0 saturated carbocycles. The van der Waals surface area contributed by atoms with Gasteiger partial charge in [-0.3, -0.25) is 9.59 Å². The Morgan fingerprint density at radius 2 is 1.91 bits per heavy atom. The first-order valence-corrected chi connectivity index (χ1v) is 8.11. The Bertz CT molecular complexity index is 618. The van der Waals surface area contributed by atoms with Gasteiger partial charge >= 0.3 is 0 Å². The van der Waals surface area contributed by atoms with E-state index in [0.717, 1.165) is 10.7 Å². The van der Waals surface area contributed by atoms with E-state index in [1.54, 1.807) is 12.3 Å². The van der Waals surface area contributed by atoms with Crippen molar-refractivity contribution in [2.45, 2.75) is 25.3 Å². The van der Waals surface area contributed by atoms with Crippen LogP contribution in [0.15, 0.2) is 52.0 Å². The maximum Gasteiger partial charge on any atom is 0.230 e. The standard InChI is InChI=1S/C17H19NO3S/c1-12(2)17(20)13-5-7-15(8-6-13)22-11-16(19)18-10-14-4-3-9-21-14/h3-9,12H,10-11H2,1-2H3,(H,18,19). The van der Waals surface area contributed by atoms with Crippen molar-refractivity contribution >= 4 is 23.5 Å². The molecule has 0 spiro atoms. The van der Waals surface area contributed by atoms with Gasteiger partial charge in [-0.05, 0) is 24.3 Å². The summed E-state index contributed by atoms with van der Waals surface area (Å²) in [7, 11) is 0. The highest BCUT2D eigenvalue weighted by Crippen LogP contribution is 2.19. The van der Waals surface area contributed by atoms with Gasteiger partial charge in [0.1, 0.15) is 5.76 Å². The van der Waals surface area contributed by atoms with Gasteiger partial charge in [-0.1, -0.05) is 26.0 Å². The van der Waals surface area contributed by atoms with E-state index in [9.17, 15) is 9.59 Å². The molecule has 0 aliphatic heterocycles. The van der Waals surface area contributed by atoms with Gasteiger partial charge in [0.25, 0.3) is 0 Å². The molecule has 22 heavy (non-hydrogen) atoms. The molecule has 0 atom stereocenters. The molecule has 1 heterocycles. The van der Waals surface area contributed by atoms with Crippen molar-refractivity contribution in [1.29, 1.82) is 0 Å². The number of carbonyl (C=O) groups excluding carboxylic acids is 2. The number of hydrogen-bond donors (Lipinski definition) is 1. The summed E-state index contributed by atoms with van der Waals surface area (Å²) in [5, 5.41) is 2.79. The molecule has 1 amide bonds. The zero-order valence-corrected chi connectivity index (χ0v) is 13.5. The minimum Gasteiger partial charge on any atom is -0.467 e. The molecular weight excluding hydrogens is 298 g/mol. The fraction of sp³-hybridized carbons (Fsp3) is 0.294. The molecule has 0 bridgehead atoms. The number of hydrogen-bond acceptors (Lipinski definition) is 4. The molecule has 4 nitrogen and oxygen atoms in total. The maximum absolute atomic E-state index is 11.8. The third-order valence-electron chi connectivity index (χ3n) is 3.07. The molecule has 0 fully saturated rings. The molecule has 1 N–H and O–H groups in total. The average molecular weight is 317 g/mol. The number of rotatable bonds is 7. The molecule has 0 aliphatic carbocycles. The monoisotopic (exact) mass is 317 g/mol. The van der Waals surface area contributed by atoms with Crippen LogP contribution in [0, 0.1) is 5.92 Å². The largest absolute Gasteiger partial charge is 0.467 e. The smallest absolute Gasteiger partial charge is 0.230 e. The van der Waals surface area contributed by atoms with Crippen LogP contribution in [0.5, 0.6) is 0 Å². The molecule has 2 aromatic rings. The number of nitrogens with one attached hydrogen (secondary N) is 1. The summed E-state index contributed by atoms with van der Waals surface area (Å²) in [6.45, 7) is 4.16. The molecule has 0 saturated heterocycles. The van der Waals surface area contributed by atoms with E-state index in [1.807, 2.05) is 44.2 Å². The van der Waals surface area contributed by atoms with Crippen molar-refractivity contribution in [2.24, 2.45) is 5.92 Å². The first-order chi connectivity index (χ1) is 10.6. The predicted octanol–water partition coefficient (Wildman–Crippen LogP) is 3.53. The van der Waals surface area contributed by atoms with Crippen LogP contribution >= 0.6 is 11.8 Å². The quantitative estimate of drug-likeness (QED) is 0.627. The summed E-state index contributed by atoms with van der Waals surface area (Å²) >= 11 is 1.44. The van der Waals surface area contributed by atoms with E-state index in [4.69, 9.17) is 4.42 Å². The van der Waals surface area contributed by atoms with E-state index < -0.39 is 0 Å². The minimum atomic E-state index is -0.0521. The highest BCUT2D eigenvalue weighted by Gasteiger charge is 2.10. The third-order valence-corrected chi connectivity index (χ3v) is 4.09. The Labute approximate surface area is 134 Å². The maximum atomic E-state index is 11.8. The van der Waals surface area contributed by atoms with Crippen molar-refractivity contribution in [3.05, 3.63) is 54.0 Å². The first kappa shape index (κ1) is 16.4. The second kappa shape index (κ2) is 7.84. The summed E-state index contributed by atoms with van der Waals surface area (Å²) in [6, 6.07) is 11.0. The van der Waals surface area contributed by atoms with Crippen molar-refractivity contribution in [3.63, 3.8) is 0 Å². The van der Waals surface area contributed by atoms with Gasteiger partial charge in [-0.15, -0.1) is 11.8 Å². The van der Waals surface area contributed by atoms with Gasteiger partial charge in [-0.2, -0.15) is 0 Å². The summed E-state index contributed by atoms with van der Waals surface area (Å²) in [5.41, 5.74) is 0.710. The molecule has 116 valence electrons. The molecule has 1 aromatic carbocycles. The summed E-state index contributed by atoms with van der Waals surface area (Å²) < 4.78 is 5.15. The topological polar surface area (TPSA) is 59.3 Å². The number of Topliss-reactive ketones (excluding diaryl/α,β-unsaturated/α-hetero) is 1. The summed E-state index contributed by atoms with van der Waals surface area (Å²) in [4.78, 5) is 24.6. The van der Waals surface area contributed by atoms with E-state index in [0.29, 0.717) is 17.9 Å². The molecule has 1 aromatic heterocycles.